The van der Waals surface area contributed by atoms with Gasteiger partial charge in [0.25, 0.3) is 0 Å². The second-order valence-corrected chi connectivity index (χ2v) is 4.87. The number of nitrogens with two attached hydrogens (primary N) is 1. The molecule has 2 rings (SSSR count). The summed E-state index contributed by atoms with van der Waals surface area (Å²) in [6, 6.07) is 3.55. The zero-order valence-corrected chi connectivity index (χ0v) is 10.0. The summed E-state index contributed by atoms with van der Waals surface area (Å²) in [5.74, 6) is -1.80. The molecule has 0 aliphatic heterocycles. The SMILES string of the molecule is NC1(CNC(=O)Cc2c(F)cccc2F)CCC1. The maximum atomic E-state index is 13.3. The van der Waals surface area contributed by atoms with Gasteiger partial charge in [-0.2, -0.15) is 0 Å². The van der Waals surface area contributed by atoms with Gasteiger partial charge >= 0.3 is 0 Å². The van der Waals surface area contributed by atoms with E-state index in [-0.39, 0.29) is 17.5 Å². The summed E-state index contributed by atoms with van der Waals surface area (Å²) in [5.41, 5.74) is 5.41. The minimum absolute atomic E-state index is 0.199. The van der Waals surface area contributed by atoms with Gasteiger partial charge in [0.05, 0.1) is 6.42 Å². The molecule has 1 fully saturated rings. The highest BCUT2D eigenvalue weighted by atomic mass is 19.1. The molecule has 0 aromatic heterocycles. The van der Waals surface area contributed by atoms with Crippen LogP contribution in [0.3, 0.4) is 0 Å². The monoisotopic (exact) mass is 254 g/mol. The quantitative estimate of drug-likeness (QED) is 0.855. The van der Waals surface area contributed by atoms with Crippen molar-refractivity contribution in [2.45, 2.75) is 31.2 Å². The first kappa shape index (κ1) is 13.0. The van der Waals surface area contributed by atoms with E-state index in [2.05, 4.69) is 5.32 Å². The predicted octanol–water partition coefficient (Wildman–Crippen LogP) is 1.50. The lowest BCUT2D eigenvalue weighted by Gasteiger charge is -2.38. The van der Waals surface area contributed by atoms with Gasteiger partial charge in [0.2, 0.25) is 5.91 Å². The van der Waals surface area contributed by atoms with Gasteiger partial charge in [-0.1, -0.05) is 6.07 Å². The third-order valence-electron chi connectivity index (χ3n) is 3.39. The lowest BCUT2D eigenvalue weighted by Crippen LogP contribution is -2.55. The van der Waals surface area contributed by atoms with E-state index in [1.807, 2.05) is 0 Å². The van der Waals surface area contributed by atoms with Gasteiger partial charge in [-0.05, 0) is 31.4 Å². The number of amides is 1. The topological polar surface area (TPSA) is 55.1 Å². The summed E-state index contributed by atoms with van der Waals surface area (Å²) in [6.07, 6.45) is 2.52. The van der Waals surface area contributed by atoms with Crippen molar-refractivity contribution in [2.75, 3.05) is 6.54 Å². The van der Waals surface area contributed by atoms with E-state index in [9.17, 15) is 13.6 Å². The van der Waals surface area contributed by atoms with Crippen LogP contribution in [-0.4, -0.2) is 18.0 Å². The maximum absolute atomic E-state index is 13.3. The van der Waals surface area contributed by atoms with Crippen molar-refractivity contribution in [2.24, 2.45) is 5.73 Å². The van der Waals surface area contributed by atoms with Crippen molar-refractivity contribution < 1.29 is 13.6 Å². The minimum Gasteiger partial charge on any atom is -0.354 e. The predicted molar refractivity (Wildman–Crippen MR) is 63.8 cm³/mol. The van der Waals surface area contributed by atoms with Crippen LogP contribution >= 0.6 is 0 Å². The van der Waals surface area contributed by atoms with E-state index in [1.165, 1.54) is 6.07 Å². The molecule has 1 saturated carbocycles. The largest absolute Gasteiger partial charge is 0.354 e. The van der Waals surface area contributed by atoms with Gasteiger partial charge in [0.15, 0.2) is 0 Å². The van der Waals surface area contributed by atoms with Gasteiger partial charge in [-0.15, -0.1) is 0 Å². The number of nitrogens with one attached hydrogen (secondary N) is 1. The maximum Gasteiger partial charge on any atom is 0.224 e. The molecule has 0 atom stereocenters. The fraction of sp³-hybridized carbons (Fsp3) is 0.462. The second kappa shape index (κ2) is 5.02. The van der Waals surface area contributed by atoms with Crippen LogP contribution in [0.2, 0.25) is 0 Å². The molecule has 0 bridgehead atoms. The number of benzene rings is 1. The lowest BCUT2D eigenvalue weighted by atomic mass is 9.78. The van der Waals surface area contributed by atoms with E-state index < -0.39 is 17.5 Å². The Morgan fingerprint density at radius 3 is 2.44 bits per heavy atom. The first-order valence-corrected chi connectivity index (χ1v) is 5.99. The van der Waals surface area contributed by atoms with Crippen LogP contribution in [0, 0.1) is 11.6 Å². The lowest BCUT2D eigenvalue weighted by molar-refractivity contribution is -0.121. The molecule has 1 aliphatic rings. The normalized spacial score (nSPS) is 17.1. The minimum atomic E-state index is -0.698. The summed E-state index contributed by atoms with van der Waals surface area (Å²) in [6.45, 7) is 0.363. The Hall–Kier alpha value is -1.49. The molecule has 5 heteroatoms. The Morgan fingerprint density at radius 1 is 1.33 bits per heavy atom. The van der Waals surface area contributed by atoms with Crippen molar-refractivity contribution in [3.8, 4) is 0 Å². The summed E-state index contributed by atoms with van der Waals surface area (Å²) >= 11 is 0. The van der Waals surface area contributed by atoms with Gasteiger partial charge in [-0.25, -0.2) is 8.78 Å². The van der Waals surface area contributed by atoms with Crippen LogP contribution in [-0.2, 0) is 11.2 Å². The molecule has 1 aliphatic carbocycles. The van der Waals surface area contributed by atoms with E-state index in [0.29, 0.717) is 6.54 Å². The van der Waals surface area contributed by atoms with Crippen molar-refractivity contribution >= 4 is 5.91 Å². The average molecular weight is 254 g/mol. The van der Waals surface area contributed by atoms with Crippen LogP contribution in [0.5, 0.6) is 0 Å². The Morgan fingerprint density at radius 2 is 1.94 bits per heavy atom. The van der Waals surface area contributed by atoms with E-state index >= 15 is 0 Å². The first-order valence-electron chi connectivity index (χ1n) is 5.99. The zero-order chi connectivity index (χ0) is 13.2. The van der Waals surface area contributed by atoms with Gasteiger partial charge < -0.3 is 11.1 Å². The molecule has 0 spiro atoms. The van der Waals surface area contributed by atoms with Crippen LogP contribution in [0.1, 0.15) is 24.8 Å². The van der Waals surface area contributed by atoms with E-state index in [4.69, 9.17) is 5.73 Å². The molecule has 0 saturated heterocycles. The second-order valence-electron chi connectivity index (χ2n) is 4.87. The Balaban J connectivity index is 1.91. The van der Waals surface area contributed by atoms with Crippen molar-refractivity contribution in [1.29, 1.82) is 0 Å². The Kier molecular flexibility index (Phi) is 3.61. The van der Waals surface area contributed by atoms with Crippen LogP contribution < -0.4 is 11.1 Å². The molecule has 1 amide bonds. The van der Waals surface area contributed by atoms with Crippen molar-refractivity contribution in [3.05, 3.63) is 35.4 Å². The number of hydrogen-bond donors (Lipinski definition) is 2. The number of rotatable bonds is 4. The Bertz CT molecular complexity index is 438. The highest BCUT2D eigenvalue weighted by Crippen LogP contribution is 2.28. The van der Waals surface area contributed by atoms with Crippen LogP contribution in [0.4, 0.5) is 8.78 Å². The fourth-order valence-corrected chi connectivity index (χ4v) is 2.01. The highest BCUT2D eigenvalue weighted by molar-refractivity contribution is 5.78. The summed E-state index contributed by atoms with van der Waals surface area (Å²) in [7, 11) is 0. The molecule has 0 radical (unpaired) electrons. The van der Waals surface area contributed by atoms with Crippen LogP contribution in [0.25, 0.3) is 0 Å². The molecule has 3 nitrogen and oxygen atoms in total. The molecule has 1 aromatic carbocycles. The van der Waals surface area contributed by atoms with Gasteiger partial charge in [0, 0.05) is 17.6 Å². The molecule has 1 aromatic rings. The van der Waals surface area contributed by atoms with Crippen LogP contribution in [0.15, 0.2) is 18.2 Å². The van der Waals surface area contributed by atoms with Gasteiger partial charge in [0.1, 0.15) is 11.6 Å². The Labute approximate surface area is 104 Å². The summed E-state index contributed by atoms with van der Waals surface area (Å²) in [4.78, 5) is 11.6. The number of carbonyl (C=O) groups is 1. The highest BCUT2D eigenvalue weighted by Gasteiger charge is 2.32. The number of carbonyl (C=O) groups excluding carboxylic acids is 1. The average Bonchev–Trinajstić information content (AvgIpc) is 2.29. The molecule has 98 valence electrons. The molecule has 0 heterocycles. The summed E-state index contributed by atoms with van der Waals surface area (Å²) < 4.78 is 26.6. The van der Waals surface area contributed by atoms with Crippen molar-refractivity contribution in [1.82, 2.24) is 5.32 Å². The van der Waals surface area contributed by atoms with Crippen molar-refractivity contribution in [3.63, 3.8) is 0 Å². The first-order chi connectivity index (χ1) is 8.50. The third kappa shape index (κ3) is 2.85. The standard InChI is InChI=1S/C13H16F2N2O/c14-10-3-1-4-11(15)9(10)7-12(18)17-8-13(16)5-2-6-13/h1,3-4H,2,5-8,16H2,(H,17,18). The zero-order valence-electron chi connectivity index (χ0n) is 10.0. The molecule has 0 unspecified atom stereocenters. The van der Waals surface area contributed by atoms with Gasteiger partial charge in [-0.3, -0.25) is 4.79 Å². The molecule has 3 N–H and O–H groups in total. The van der Waals surface area contributed by atoms with E-state index in [0.717, 1.165) is 31.4 Å². The fourth-order valence-electron chi connectivity index (χ4n) is 2.01. The number of halogens is 2. The summed E-state index contributed by atoms with van der Waals surface area (Å²) in [5, 5.41) is 2.63. The third-order valence-corrected chi connectivity index (χ3v) is 3.39. The molecular weight excluding hydrogens is 238 g/mol. The van der Waals surface area contributed by atoms with E-state index in [1.54, 1.807) is 0 Å². The molecular formula is C13H16F2N2O. The molecule has 18 heavy (non-hydrogen) atoms. The smallest absolute Gasteiger partial charge is 0.224 e. The number of hydrogen-bond acceptors (Lipinski definition) is 2.